The van der Waals surface area contributed by atoms with Gasteiger partial charge >= 0.3 is 5.97 Å². The summed E-state index contributed by atoms with van der Waals surface area (Å²) in [6, 6.07) is 7.66. The highest BCUT2D eigenvalue weighted by atomic mass is 16.4. The van der Waals surface area contributed by atoms with E-state index in [0.29, 0.717) is 0 Å². The highest BCUT2D eigenvalue weighted by Crippen LogP contribution is 2.22. The number of fused-ring (bicyclic) bond motifs is 1. The molecule has 0 bridgehead atoms. The van der Waals surface area contributed by atoms with Crippen LogP contribution in [0.4, 0.5) is 0 Å². The van der Waals surface area contributed by atoms with Crippen LogP contribution in [0, 0.1) is 0 Å². The van der Waals surface area contributed by atoms with Gasteiger partial charge in [0.1, 0.15) is 11.3 Å². The zero-order valence-electron chi connectivity index (χ0n) is 10.8. The van der Waals surface area contributed by atoms with E-state index in [1.54, 1.807) is 6.08 Å². The number of furan rings is 1. The third-order valence-electron chi connectivity index (χ3n) is 2.93. The summed E-state index contributed by atoms with van der Waals surface area (Å²) in [5, 5.41) is 9.98. The Balaban J connectivity index is 2.38. The maximum absolute atomic E-state index is 10.9. The lowest BCUT2D eigenvalue weighted by Gasteiger charge is -1.98. The molecule has 0 aliphatic carbocycles. The van der Waals surface area contributed by atoms with Crippen LogP contribution in [-0.2, 0) is 11.2 Å². The van der Waals surface area contributed by atoms with Crippen molar-refractivity contribution in [1.82, 2.24) is 0 Å². The first-order valence-corrected chi connectivity index (χ1v) is 6.30. The van der Waals surface area contributed by atoms with Gasteiger partial charge in [-0.05, 0) is 30.2 Å². The van der Waals surface area contributed by atoms with Crippen molar-refractivity contribution in [3.8, 4) is 0 Å². The van der Waals surface area contributed by atoms with Crippen molar-refractivity contribution in [1.29, 1.82) is 0 Å². The van der Waals surface area contributed by atoms with Crippen LogP contribution in [0.5, 0.6) is 0 Å². The maximum atomic E-state index is 10.9. The molecule has 0 aliphatic heterocycles. The molecule has 0 radical (unpaired) electrons. The fourth-order valence-electron chi connectivity index (χ4n) is 1.97. The van der Waals surface area contributed by atoms with Crippen LogP contribution in [0.2, 0.25) is 0 Å². The average Bonchev–Trinajstić information content (AvgIpc) is 2.77. The van der Waals surface area contributed by atoms with E-state index in [1.807, 2.05) is 24.3 Å². The number of benzene rings is 1. The summed E-state index contributed by atoms with van der Waals surface area (Å²) < 4.78 is 5.72. The molecule has 4 nitrogen and oxygen atoms in total. The van der Waals surface area contributed by atoms with E-state index in [1.165, 1.54) is 0 Å². The second kappa shape index (κ2) is 5.71. The van der Waals surface area contributed by atoms with E-state index in [-0.39, 0.29) is 12.1 Å². The fourth-order valence-corrected chi connectivity index (χ4v) is 1.97. The predicted octanol–water partition coefficient (Wildman–Crippen LogP) is 2.81. The van der Waals surface area contributed by atoms with Gasteiger partial charge in [-0.3, -0.25) is 0 Å². The lowest BCUT2D eigenvalue weighted by atomic mass is 10.1. The van der Waals surface area contributed by atoms with Crippen LogP contribution in [-0.4, -0.2) is 17.6 Å². The Morgan fingerprint density at radius 1 is 1.42 bits per heavy atom. The first-order valence-electron chi connectivity index (χ1n) is 6.30. The van der Waals surface area contributed by atoms with Crippen molar-refractivity contribution in [3.05, 3.63) is 41.2 Å². The molecule has 100 valence electrons. The molecule has 0 atom stereocenters. The first kappa shape index (κ1) is 13.4. The Labute approximate surface area is 111 Å². The van der Waals surface area contributed by atoms with Crippen molar-refractivity contribution >= 4 is 23.0 Å². The molecular weight excluding hydrogens is 242 g/mol. The van der Waals surface area contributed by atoms with Crippen molar-refractivity contribution in [2.24, 2.45) is 5.73 Å². The summed E-state index contributed by atoms with van der Waals surface area (Å²) in [6.07, 6.45) is 3.51. The third-order valence-corrected chi connectivity index (χ3v) is 2.93. The Hall–Kier alpha value is -2.07. The van der Waals surface area contributed by atoms with Gasteiger partial charge in [-0.1, -0.05) is 19.1 Å². The van der Waals surface area contributed by atoms with E-state index in [0.717, 1.165) is 35.1 Å². The van der Waals surface area contributed by atoms with Gasteiger partial charge in [0.15, 0.2) is 0 Å². The molecule has 2 aromatic rings. The second-order valence-electron chi connectivity index (χ2n) is 4.44. The largest absolute Gasteiger partial charge is 0.478 e. The van der Waals surface area contributed by atoms with Crippen molar-refractivity contribution in [2.75, 3.05) is 6.54 Å². The Morgan fingerprint density at radius 3 is 2.84 bits per heavy atom. The standard InChI is InChI=1S/C15H17NO3/c1-2-3-13-8-11-5-4-10(7-14(11)19-13)6-12(9-16)15(17)18/h4-8H,2-3,9,16H2,1H3,(H,17,18)/b12-6-. The molecule has 4 heteroatoms. The highest BCUT2D eigenvalue weighted by molar-refractivity contribution is 5.93. The Kier molecular flexibility index (Phi) is 4.02. The maximum Gasteiger partial charge on any atom is 0.332 e. The van der Waals surface area contributed by atoms with Crippen molar-refractivity contribution < 1.29 is 14.3 Å². The molecule has 1 aromatic carbocycles. The molecule has 3 N–H and O–H groups in total. The second-order valence-corrected chi connectivity index (χ2v) is 4.44. The quantitative estimate of drug-likeness (QED) is 0.809. The molecule has 0 aliphatic rings. The van der Waals surface area contributed by atoms with Gasteiger partial charge in [-0.25, -0.2) is 4.79 Å². The van der Waals surface area contributed by atoms with Crippen molar-refractivity contribution in [2.45, 2.75) is 19.8 Å². The van der Waals surface area contributed by atoms with E-state index in [9.17, 15) is 4.79 Å². The molecule has 0 spiro atoms. The lowest BCUT2D eigenvalue weighted by Crippen LogP contribution is -2.11. The first-order chi connectivity index (χ1) is 9.13. The number of aliphatic carboxylic acids is 1. The molecule has 1 heterocycles. The molecule has 0 saturated carbocycles. The van der Waals surface area contributed by atoms with Crippen LogP contribution in [0.25, 0.3) is 17.0 Å². The number of carboxylic acid groups (broad SMARTS) is 1. The van der Waals surface area contributed by atoms with Gasteiger partial charge in [0, 0.05) is 18.4 Å². The molecule has 0 unspecified atom stereocenters. The number of nitrogens with two attached hydrogens (primary N) is 1. The monoisotopic (exact) mass is 259 g/mol. The van der Waals surface area contributed by atoms with Crippen LogP contribution in [0.3, 0.4) is 0 Å². The average molecular weight is 259 g/mol. The lowest BCUT2D eigenvalue weighted by molar-refractivity contribution is -0.132. The van der Waals surface area contributed by atoms with Crippen LogP contribution in [0.15, 0.2) is 34.3 Å². The number of carboxylic acids is 1. The molecule has 19 heavy (non-hydrogen) atoms. The van der Waals surface area contributed by atoms with E-state index in [4.69, 9.17) is 15.3 Å². The van der Waals surface area contributed by atoms with Gasteiger partial charge in [0.25, 0.3) is 0 Å². The molecule has 1 aromatic heterocycles. The molecular formula is C15H17NO3. The summed E-state index contributed by atoms with van der Waals surface area (Å²) in [6.45, 7) is 2.11. The molecule has 0 fully saturated rings. The summed E-state index contributed by atoms with van der Waals surface area (Å²) in [7, 11) is 0. The van der Waals surface area contributed by atoms with Gasteiger partial charge in [0.05, 0.1) is 5.57 Å². The van der Waals surface area contributed by atoms with Gasteiger partial charge in [-0.15, -0.1) is 0 Å². The van der Waals surface area contributed by atoms with Crippen LogP contribution < -0.4 is 5.73 Å². The summed E-state index contributed by atoms with van der Waals surface area (Å²) in [5.74, 6) is -0.0374. The summed E-state index contributed by atoms with van der Waals surface area (Å²) in [5.41, 5.74) is 7.15. The number of hydrogen-bond acceptors (Lipinski definition) is 3. The van der Waals surface area contributed by atoms with Gasteiger partial charge in [0.2, 0.25) is 0 Å². The number of hydrogen-bond donors (Lipinski definition) is 2. The van der Waals surface area contributed by atoms with Crippen LogP contribution in [0.1, 0.15) is 24.7 Å². The molecule has 0 amide bonds. The topological polar surface area (TPSA) is 76.5 Å². The number of aryl methyl sites for hydroxylation is 1. The van der Waals surface area contributed by atoms with Gasteiger partial charge in [-0.2, -0.15) is 0 Å². The normalized spacial score (nSPS) is 12.0. The SMILES string of the molecule is CCCc1cc2ccc(/C=C(/CN)C(=O)O)cc2o1. The number of rotatable bonds is 5. The van der Waals surface area contributed by atoms with E-state index < -0.39 is 5.97 Å². The Morgan fingerprint density at radius 2 is 2.21 bits per heavy atom. The zero-order chi connectivity index (χ0) is 13.8. The van der Waals surface area contributed by atoms with Gasteiger partial charge < -0.3 is 15.3 Å². The summed E-state index contributed by atoms with van der Waals surface area (Å²) >= 11 is 0. The smallest absolute Gasteiger partial charge is 0.332 e. The third kappa shape index (κ3) is 3.03. The van der Waals surface area contributed by atoms with E-state index in [2.05, 4.69) is 6.92 Å². The predicted molar refractivity (Wildman–Crippen MR) is 74.9 cm³/mol. The highest BCUT2D eigenvalue weighted by Gasteiger charge is 2.07. The van der Waals surface area contributed by atoms with E-state index >= 15 is 0 Å². The minimum absolute atomic E-state index is 0.00656. The minimum atomic E-state index is -0.992. The number of carbonyl (C=O) groups is 1. The zero-order valence-corrected chi connectivity index (χ0v) is 10.8. The fraction of sp³-hybridized carbons (Fsp3) is 0.267. The van der Waals surface area contributed by atoms with Crippen LogP contribution >= 0.6 is 0 Å². The molecule has 0 saturated heterocycles. The van der Waals surface area contributed by atoms with Crippen molar-refractivity contribution in [3.63, 3.8) is 0 Å². The minimum Gasteiger partial charge on any atom is -0.478 e. The molecule has 2 rings (SSSR count). The Bertz CT molecular complexity index is 625. The summed E-state index contributed by atoms with van der Waals surface area (Å²) in [4.78, 5) is 10.9.